The van der Waals surface area contributed by atoms with Gasteiger partial charge in [0.1, 0.15) is 18.1 Å². The minimum absolute atomic E-state index is 0.0102. The average Bonchev–Trinajstić information content (AvgIpc) is 3.58. The van der Waals surface area contributed by atoms with Crippen molar-refractivity contribution in [3.63, 3.8) is 0 Å². The number of rotatable bonds is 4. The standard InChI is InChI=1S/C30H36N4O4/c1-30(19-22-12-6-3-7-13-22)20-26(35)31-23(18-21-10-4-2-5-11-21)28(37)34-17-9-15-25(34)29(38)33-16-8-14-24(33)27(36)32-30/h2-7,10-13,23-25H,8-9,14-20H2,1H3,(H,31,35)(H,32,36)/t23-,24+,25+,30+/m1/s1. The van der Waals surface area contributed by atoms with Crippen molar-refractivity contribution < 1.29 is 19.2 Å². The molecule has 0 spiro atoms. The summed E-state index contributed by atoms with van der Waals surface area (Å²) >= 11 is 0. The lowest BCUT2D eigenvalue weighted by Gasteiger charge is -2.34. The number of carbonyl (C=O) groups is 4. The Morgan fingerprint density at radius 1 is 0.789 bits per heavy atom. The topological polar surface area (TPSA) is 98.8 Å². The number of benzene rings is 2. The molecule has 2 aromatic carbocycles. The molecule has 3 heterocycles. The van der Waals surface area contributed by atoms with Crippen LogP contribution in [0.5, 0.6) is 0 Å². The van der Waals surface area contributed by atoms with Crippen LogP contribution >= 0.6 is 0 Å². The smallest absolute Gasteiger partial charge is 0.246 e. The second-order valence-corrected chi connectivity index (χ2v) is 11.1. The third-order valence-electron chi connectivity index (χ3n) is 7.99. The minimum Gasteiger partial charge on any atom is -0.348 e. The Kier molecular flexibility index (Phi) is 7.49. The van der Waals surface area contributed by atoms with Crippen LogP contribution in [0.25, 0.3) is 0 Å². The summed E-state index contributed by atoms with van der Waals surface area (Å²) in [6.07, 6.45) is 3.37. The quantitative estimate of drug-likeness (QED) is 0.651. The fourth-order valence-electron chi connectivity index (χ4n) is 6.21. The van der Waals surface area contributed by atoms with Crippen molar-refractivity contribution in [2.75, 3.05) is 13.1 Å². The summed E-state index contributed by atoms with van der Waals surface area (Å²) in [7, 11) is 0. The first-order valence-corrected chi connectivity index (χ1v) is 13.6. The van der Waals surface area contributed by atoms with Gasteiger partial charge in [-0.25, -0.2) is 0 Å². The van der Waals surface area contributed by atoms with Crippen LogP contribution in [0.15, 0.2) is 60.7 Å². The van der Waals surface area contributed by atoms with Gasteiger partial charge >= 0.3 is 0 Å². The Labute approximate surface area is 223 Å². The van der Waals surface area contributed by atoms with Gasteiger partial charge in [-0.2, -0.15) is 0 Å². The number of nitrogens with zero attached hydrogens (tertiary/aromatic N) is 2. The zero-order valence-electron chi connectivity index (χ0n) is 21.9. The van der Waals surface area contributed by atoms with Gasteiger partial charge in [-0.05, 0) is 50.2 Å². The number of hydrogen-bond acceptors (Lipinski definition) is 4. The molecular formula is C30H36N4O4. The number of fused-ring (bicyclic) bond motifs is 2. The number of carbonyl (C=O) groups excluding carboxylic acids is 4. The van der Waals surface area contributed by atoms with E-state index in [4.69, 9.17) is 0 Å². The van der Waals surface area contributed by atoms with E-state index in [1.165, 1.54) is 0 Å². The van der Waals surface area contributed by atoms with Crippen LogP contribution in [-0.4, -0.2) is 70.2 Å². The van der Waals surface area contributed by atoms with Crippen molar-refractivity contribution in [1.82, 2.24) is 20.4 Å². The van der Waals surface area contributed by atoms with Crippen LogP contribution in [0.4, 0.5) is 0 Å². The second-order valence-electron chi connectivity index (χ2n) is 11.1. The second kappa shape index (κ2) is 11.0. The lowest BCUT2D eigenvalue weighted by Crippen LogP contribution is -2.57. The van der Waals surface area contributed by atoms with E-state index in [1.807, 2.05) is 67.6 Å². The molecule has 2 N–H and O–H groups in total. The highest BCUT2D eigenvalue weighted by Crippen LogP contribution is 2.28. The van der Waals surface area contributed by atoms with Crippen LogP contribution in [0.2, 0.25) is 0 Å². The largest absolute Gasteiger partial charge is 0.348 e. The van der Waals surface area contributed by atoms with Crippen LogP contribution in [0, 0.1) is 0 Å². The molecule has 8 nitrogen and oxygen atoms in total. The van der Waals surface area contributed by atoms with E-state index in [-0.39, 0.29) is 30.0 Å². The third kappa shape index (κ3) is 5.59. The number of nitrogens with one attached hydrogen (secondary N) is 2. The molecule has 3 saturated heterocycles. The van der Waals surface area contributed by atoms with Gasteiger partial charge in [-0.1, -0.05) is 60.7 Å². The van der Waals surface area contributed by atoms with Gasteiger partial charge in [-0.15, -0.1) is 0 Å². The van der Waals surface area contributed by atoms with Crippen LogP contribution in [0.3, 0.4) is 0 Å². The van der Waals surface area contributed by atoms with E-state index >= 15 is 0 Å². The molecule has 2 aromatic rings. The number of amides is 4. The van der Waals surface area contributed by atoms with Gasteiger partial charge in [0, 0.05) is 25.9 Å². The lowest BCUT2D eigenvalue weighted by molar-refractivity contribution is -0.147. The summed E-state index contributed by atoms with van der Waals surface area (Å²) in [5, 5.41) is 6.13. The lowest BCUT2D eigenvalue weighted by atomic mass is 9.88. The Balaban J connectivity index is 1.50. The molecule has 3 fully saturated rings. The summed E-state index contributed by atoms with van der Waals surface area (Å²) < 4.78 is 0. The molecule has 38 heavy (non-hydrogen) atoms. The van der Waals surface area contributed by atoms with Crippen molar-refractivity contribution in [3.05, 3.63) is 71.8 Å². The molecule has 0 radical (unpaired) electrons. The summed E-state index contributed by atoms with van der Waals surface area (Å²) in [6.45, 7) is 2.83. The summed E-state index contributed by atoms with van der Waals surface area (Å²) in [4.78, 5) is 58.0. The van der Waals surface area contributed by atoms with E-state index in [0.29, 0.717) is 45.2 Å². The van der Waals surface area contributed by atoms with Gasteiger partial charge in [0.15, 0.2) is 0 Å². The van der Waals surface area contributed by atoms with Crippen molar-refractivity contribution in [2.24, 2.45) is 0 Å². The summed E-state index contributed by atoms with van der Waals surface area (Å²) in [6, 6.07) is 17.3. The zero-order chi connectivity index (χ0) is 26.7. The molecule has 8 heteroatoms. The van der Waals surface area contributed by atoms with Crippen molar-refractivity contribution in [2.45, 2.75) is 75.5 Å². The molecule has 0 bridgehead atoms. The van der Waals surface area contributed by atoms with Gasteiger partial charge in [0.2, 0.25) is 23.6 Å². The van der Waals surface area contributed by atoms with Gasteiger partial charge < -0.3 is 20.4 Å². The highest BCUT2D eigenvalue weighted by atomic mass is 16.2. The predicted molar refractivity (Wildman–Crippen MR) is 143 cm³/mol. The van der Waals surface area contributed by atoms with Crippen molar-refractivity contribution in [1.29, 1.82) is 0 Å². The average molecular weight is 517 g/mol. The molecule has 0 unspecified atom stereocenters. The Hall–Kier alpha value is -3.68. The fourth-order valence-corrected chi connectivity index (χ4v) is 6.21. The maximum absolute atomic E-state index is 13.9. The monoisotopic (exact) mass is 516 g/mol. The Morgan fingerprint density at radius 2 is 1.37 bits per heavy atom. The maximum atomic E-state index is 13.9. The zero-order valence-corrected chi connectivity index (χ0v) is 21.9. The molecular weight excluding hydrogens is 480 g/mol. The van der Waals surface area contributed by atoms with Crippen LogP contribution < -0.4 is 10.6 Å². The van der Waals surface area contributed by atoms with Crippen molar-refractivity contribution >= 4 is 23.6 Å². The first-order chi connectivity index (χ1) is 18.3. The SMILES string of the molecule is C[C@]1(Cc2ccccc2)CC(=O)N[C@H](Cc2ccccc2)C(=O)N2CCC[C@H]2C(=O)N2CCC[C@H]2C(=O)N1. The summed E-state index contributed by atoms with van der Waals surface area (Å²) in [5.74, 6) is -0.944. The predicted octanol–water partition coefficient (Wildman–Crippen LogP) is 2.22. The van der Waals surface area contributed by atoms with Crippen LogP contribution in [-0.2, 0) is 32.0 Å². The molecule has 3 aliphatic rings. The maximum Gasteiger partial charge on any atom is 0.246 e. The molecule has 0 aliphatic carbocycles. The molecule has 0 saturated carbocycles. The molecule has 4 atom stereocenters. The highest BCUT2D eigenvalue weighted by Gasteiger charge is 2.45. The molecule has 200 valence electrons. The van der Waals surface area contributed by atoms with Gasteiger partial charge in [0.25, 0.3) is 0 Å². The summed E-state index contributed by atoms with van der Waals surface area (Å²) in [5.41, 5.74) is 1.02. The molecule has 4 amide bonds. The Bertz CT molecular complexity index is 1190. The normalized spacial score (nSPS) is 28.5. The first-order valence-electron chi connectivity index (χ1n) is 13.6. The molecule has 5 rings (SSSR count). The van der Waals surface area contributed by atoms with E-state index in [1.54, 1.807) is 9.80 Å². The fraction of sp³-hybridized carbons (Fsp3) is 0.467. The van der Waals surface area contributed by atoms with Crippen LogP contribution in [0.1, 0.15) is 50.2 Å². The van der Waals surface area contributed by atoms with Gasteiger partial charge in [-0.3, -0.25) is 19.2 Å². The van der Waals surface area contributed by atoms with Crippen molar-refractivity contribution in [3.8, 4) is 0 Å². The third-order valence-corrected chi connectivity index (χ3v) is 7.99. The minimum atomic E-state index is -0.898. The highest BCUT2D eigenvalue weighted by molar-refractivity contribution is 5.96. The first kappa shape index (κ1) is 25.9. The molecule has 0 aromatic heterocycles. The Morgan fingerprint density at radius 3 is 2.03 bits per heavy atom. The van der Waals surface area contributed by atoms with E-state index in [0.717, 1.165) is 17.5 Å². The van der Waals surface area contributed by atoms with E-state index in [9.17, 15) is 19.2 Å². The van der Waals surface area contributed by atoms with E-state index in [2.05, 4.69) is 10.6 Å². The van der Waals surface area contributed by atoms with Gasteiger partial charge in [0.05, 0.1) is 5.54 Å². The van der Waals surface area contributed by atoms with E-state index < -0.39 is 23.7 Å². The molecule has 3 aliphatic heterocycles. The number of hydrogen-bond donors (Lipinski definition) is 2.